The van der Waals surface area contributed by atoms with E-state index < -0.39 is 0 Å². The Morgan fingerprint density at radius 1 is 1.60 bits per heavy atom. The molecular formula is C9H13ClN4O. The van der Waals surface area contributed by atoms with E-state index in [1.165, 1.54) is 6.20 Å². The van der Waals surface area contributed by atoms with Gasteiger partial charge in [0, 0.05) is 12.2 Å². The van der Waals surface area contributed by atoms with Gasteiger partial charge in [-0.2, -0.15) is 0 Å². The molecule has 5 nitrogen and oxygen atoms in total. The predicted molar refractivity (Wildman–Crippen MR) is 58.8 cm³/mol. The Balaban J connectivity index is 2.44. The summed E-state index contributed by atoms with van der Waals surface area (Å²) in [4.78, 5) is 18.9. The molecule has 1 amide bonds. The van der Waals surface area contributed by atoms with Crippen LogP contribution in [0.3, 0.4) is 0 Å². The maximum absolute atomic E-state index is 11.4. The second kappa shape index (κ2) is 5.63. The molecule has 82 valence electrons. The van der Waals surface area contributed by atoms with Crippen molar-refractivity contribution < 1.29 is 4.79 Å². The van der Waals surface area contributed by atoms with E-state index in [9.17, 15) is 4.79 Å². The summed E-state index contributed by atoms with van der Waals surface area (Å²) in [5.41, 5.74) is 0. The molecule has 0 aliphatic heterocycles. The van der Waals surface area contributed by atoms with Crippen molar-refractivity contribution >= 4 is 23.3 Å². The summed E-state index contributed by atoms with van der Waals surface area (Å²) in [6.07, 6.45) is 1.49. The molecule has 0 saturated heterocycles. The number of amides is 1. The number of rotatable bonds is 4. The first kappa shape index (κ1) is 11.9. The molecule has 0 aliphatic carbocycles. The van der Waals surface area contributed by atoms with Gasteiger partial charge in [-0.3, -0.25) is 4.79 Å². The molecule has 2 N–H and O–H groups in total. The van der Waals surface area contributed by atoms with Crippen LogP contribution in [0.15, 0.2) is 12.3 Å². The third-order valence-electron chi connectivity index (χ3n) is 1.56. The first-order valence-electron chi connectivity index (χ1n) is 4.59. The lowest BCUT2D eigenvalue weighted by atomic mass is 10.4. The Morgan fingerprint density at radius 3 is 2.93 bits per heavy atom. The Kier molecular flexibility index (Phi) is 4.45. The van der Waals surface area contributed by atoms with E-state index in [0.717, 1.165) is 0 Å². The topological polar surface area (TPSA) is 66.9 Å². The fraction of sp³-hybridized carbons (Fsp3) is 0.444. The molecule has 1 aromatic rings. The van der Waals surface area contributed by atoms with Gasteiger partial charge in [0.15, 0.2) is 0 Å². The van der Waals surface area contributed by atoms with Gasteiger partial charge < -0.3 is 10.6 Å². The number of hydrogen-bond acceptors (Lipinski definition) is 4. The van der Waals surface area contributed by atoms with Crippen LogP contribution >= 0.6 is 11.6 Å². The van der Waals surface area contributed by atoms with Crippen molar-refractivity contribution in [2.75, 3.05) is 11.9 Å². The number of anilines is 1. The molecule has 1 heterocycles. The van der Waals surface area contributed by atoms with Gasteiger partial charge in [-0.1, -0.05) is 13.8 Å². The molecule has 6 heteroatoms. The van der Waals surface area contributed by atoms with Gasteiger partial charge in [0.25, 0.3) is 0 Å². The quantitative estimate of drug-likeness (QED) is 0.757. The minimum atomic E-state index is -0.154. The summed E-state index contributed by atoms with van der Waals surface area (Å²) in [6.45, 7) is 4.18. The number of carbonyl (C=O) groups is 1. The number of aromatic nitrogens is 2. The normalized spacial score (nSPS) is 10.4. The lowest BCUT2D eigenvalue weighted by Gasteiger charge is -2.08. The SMILES string of the molecule is CC(C)NCC(=O)Nc1ccnc(Cl)n1. The van der Waals surface area contributed by atoms with E-state index in [0.29, 0.717) is 5.82 Å². The van der Waals surface area contributed by atoms with Crippen molar-refractivity contribution in [3.63, 3.8) is 0 Å². The van der Waals surface area contributed by atoms with E-state index in [1.54, 1.807) is 6.07 Å². The zero-order valence-corrected chi connectivity index (χ0v) is 9.38. The predicted octanol–water partition coefficient (Wildman–Crippen LogP) is 1.07. The van der Waals surface area contributed by atoms with Crippen molar-refractivity contribution in [3.05, 3.63) is 17.5 Å². The molecule has 0 bridgehead atoms. The Morgan fingerprint density at radius 2 is 2.33 bits per heavy atom. The first-order valence-corrected chi connectivity index (χ1v) is 4.97. The van der Waals surface area contributed by atoms with Crippen LogP contribution in [0, 0.1) is 0 Å². The average Bonchev–Trinajstić information content (AvgIpc) is 2.15. The van der Waals surface area contributed by atoms with E-state index >= 15 is 0 Å². The number of halogens is 1. The molecule has 0 saturated carbocycles. The van der Waals surface area contributed by atoms with E-state index in [-0.39, 0.29) is 23.8 Å². The highest BCUT2D eigenvalue weighted by molar-refractivity contribution is 6.28. The largest absolute Gasteiger partial charge is 0.309 e. The van der Waals surface area contributed by atoms with Crippen LogP contribution in [0.5, 0.6) is 0 Å². The standard InChI is InChI=1S/C9H13ClN4O/c1-6(2)12-5-8(15)13-7-3-4-11-9(10)14-7/h3-4,6,12H,5H2,1-2H3,(H,11,13,14,15). The van der Waals surface area contributed by atoms with Gasteiger partial charge in [-0.05, 0) is 17.7 Å². The number of hydrogen-bond donors (Lipinski definition) is 2. The summed E-state index contributed by atoms with van der Waals surface area (Å²) < 4.78 is 0. The van der Waals surface area contributed by atoms with E-state index in [1.807, 2.05) is 13.8 Å². The molecule has 0 fully saturated rings. The maximum Gasteiger partial charge on any atom is 0.239 e. The van der Waals surface area contributed by atoms with Crippen molar-refractivity contribution in [1.82, 2.24) is 15.3 Å². The molecule has 1 aromatic heterocycles. The lowest BCUT2D eigenvalue weighted by molar-refractivity contribution is -0.115. The number of carbonyl (C=O) groups excluding carboxylic acids is 1. The van der Waals surface area contributed by atoms with Gasteiger partial charge >= 0.3 is 0 Å². The van der Waals surface area contributed by atoms with Gasteiger partial charge in [0.2, 0.25) is 11.2 Å². The van der Waals surface area contributed by atoms with Crippen molar-refractivity contribution in [1.29, 1.82) is 0 Å². The summed E-state index contributed by atoms with van der Waals surface area (Å²) in [6, 6.07) is 1.85. The molecule has 0 spiro atoms. The second-order valence-electron chi connectivity index (χ2n) is 3.29. The van der Waals surface area contributed by atoms with Gasteiger partial charge in [0.1, 0.15) is 5.82 Å². The number of nitrogens with zero attached hydrogens (tertiary/aromatic N) is 2. The fourth-order valence-electron chi connectivity index (χ4n) is 0.888. The molecule has 0 aromatic carbocycles. The Bertz CT molecular complexity index is 343. The zero-order chi connectivity index (χ0) is 11.3. The highest BCUT2D eigenvalue weighted by Gasteiger charge is 2.04. The summed E-state index contributed by atoms with van der Waals surface area (Å²) >= 11 is 5.57. The maximum atomic E-state index is 11.4. The number of nitrogens with one attached hydrogen (secondary N) is 2. The summed E-state index contributed by atoms with van der Waals surface area (Å²) in [7, 11) is 0. The van der Waals surface area contributed by atoms with Crippen LogP contribution in [0.2, 0.25) is 5.28 Å². The highest BCUT2D eigenvalue weighted by Crippen LogP contribution is 2.05. The smallest absolute Gasteiger partial charge is 0.239 e. The monoisotopic (exact) mass is 228 g/mol. The van der Waals surface area contributed by atoms with Crippen molar-refractivity contribution in [3.8, 4) is 0 Å². The van der Waals surface area contributed by atoms with Crippen LogP contribution < -0.4 is 10.6 Å². The van der Waals surface area contributed by atoms with E-state index in [4.69, 9.17) is 11.6 Å². The minimum absolute atomic E-state index is 0.115. The first-order chi connectivity index (χ1) is 7.08. The van der Waals surface area contributed by atoms with Crippen molar-refractivity contribution in [2.45, 2.75) is 19.9 Å². The third kappa shape index (κ3) is 4.71. The van der Waals surface area contributed by atoms with Gasteiger partial charge in [0.05, 0.1) is 6.54 Å². The Labute approximate surface area is 93.3 Å². The lowest BCUT2D eigenvalue weighted by Crippen LogP contribution is -2.32. The molecule has 0 unspecified atom stereocenters. The summed E-state index contributed by atoms with van der Waals surface area (Å²) in [5, 5.41) is 5.71. The molecular weight excluding hydrogens is 216 g/mol. The molecule has 0 radical (unpaired) electrons. The molecule has 0 aliphatic rings. The van der Waals surface area contributed by atoms with Crippen LogP contribution in [0.25, 0.3) is 0 Å². The molecule has 0 atom stereocenters. The highest BCUT2D eigenvalue weighted by atomic mass is 35.5. The van der Waals surface area contributed by atoms with Crippen LogP contribution in [-0.4, -0.2) is 28.5 Å². The van der Waals surface area contributed by atoms with E-state index in [2.05, 4.69) is 20.6 Å². The third-order valence-corrected chi connectivity index (χ3v) is 1.75. The Hall–Kier alpha value is -1.20. The van der Waals surface area contributed by atoms with Crippen LogP contribution in [-0.2, 0) is 4.79 Å². The molecule has 1 rings (SSSR count). The average molecular weight is 229 g/mol. The van der Waals surface area contributed by atoms with Crippen LogP contribution in [0.1, 0.15) is 13.8 Å². The van der Waals surface area contributed by atoms with Crippen LogP contribution in [0.4, 0.5) is 5.82 Å². The van der Waals surface area contributed by atoms with Gasteiger partial charge in [-0.15, -0.1) is 0 Å². The van der Waals surface area contributed by atoms with Gasteiger partial charge in [-0.25, -0.2) is 9.97 Å². The van der Waals surface area contributed by atoms with Crippen molar-refractivity contribution in [2.24, 2.45) is 0 Å². The fourth-order valence-corrected chi connectivity index (χ4v) is 1.04. The molecule has 15 heavy (non-hydrogen) atoms. The summed E-state index contributed by atoms with van der Waals surface area (Å²) in [5.74, 6) is 0.254. The zero-order valence-electron chi connectivity index (χ0n) is 8.62. The second-order valence-corrected chi connectivity index (χ2v) is 3.63. The minimum Gasteiger partial charge on any atom is -0.309 e.